The lowest BCUT2D eigenvalue weighted by Crippen LogP contribution is -2.38. The van der Waals surface area contributed by atoms with Crippen molar-refractivity contribution >= 4 is 27.3 Å². The molecule has 2 aliphatic heterocycles. The van der Waals surface area contributed by atoms with Gasteiger partial charge in [-0.25, -0.2) is 8.42 Å². The van der Waals surface area contributed by atoms with Crippen LogP contribution in [0.3, 0.4) is 0 Å². The van der Waals surface area contributed by atoms with Crippen molar-refractivity contribution in [3.63, 3.8) is 0 Å². The van der Waals surface area contributed by atoms with Crippen LogP contribution in [0.25, 0.3) is 0 Å². The summed E-state index contributed by atoms with van der Waals surface area (Å²) < 4.78 is 33.8. The molecule has 26 heavy (non-hydrogen) atoms. The fourth-order valence-electron chi connectivity index (χ4n) is 3.70. The predicted octanol–water partition coefficient (Wildman–Crippen LogP) is 2.57. The fraction of sp³-hybridized carbons (Fsp3) is 0.316. The molecule has 4 rings (SSSR count). The Morgan fingerprint density at radius 1 is 1.15 bits per heavy atom. The standard InChI is InChI=1S/C19H20N2O4S/c1-13-11-15-5-3-4-6-17(15)21(13)26(23,24)16-7-8-19-18(12-16)20(14(2)22)9-10-25-19/h3-8,12-13H,9-11H2,1-2H3. The van der Waals surface area contributed by atoms with Crippen LogP contribution in [0.1, 0.15) is 19.4 Å². The Balaban J connectivity index is 1.80. The fourth-order valence-corrected chi connectivity index (χ4v) is 5.42. The maximum Gasteiger partial charge on any atom is 0.264 e. The van der Waals surface area contributed by atoms with Gasteiger partial charge in [0.1, 0.15) is 12.4 Å². The first-order valence-corrected chi connectivity index (χ1v) is 10.0. The van der Waals surface area contributed by atoms with Gasteiger partial charge >= 0.3 is 0 Å². The van der Waals surface area contributed by atoms with Crippen LogP contribution in [0.15, 0.2) is 47.4 Å². The van der Waals surface area contributed by atoms with E-state index in [-0.39, 0.29) is 16.8 Å². The molecule has 0 fully saturated rings. The van der Waals surface area contributed by atoms with Gasteiger partial charge in [0.25, 0.3) is 10.0 Å². The number of hydrogen-bond donors (Lipinski definition) is 0. The third kappa shape index (κ3) is 2.54. The van der Waals surface area contributed by atoms with Crippen molar-refractivity contribution in [2.45, 2.75) is 31.2 Å². The maximum atomic E-state index is 13.4. The number of anilines is 2. The van der Waals surface area contributed by atoms with Crippen LogP contribution in [0.2, 0.25) is 0 Å². The van der Waals surface area contributed by atoms with Crippen LogP contribution in [0, 0.1) is 0 Å². The number of ether oxygens (including phenoxy) is 1. The van der Waals surface area contributed by atoms with E-state index in [1.807, 2.05) is 31.2 Å². The highest BCUT2D eigenvalue weighted by Crippen LogP contribution is 2.39. The number of rotatable bonds is 2. The van der Waals surface area contributed by atoms with E-state index >= 15 is 0 Å². The minimum Gasteiger partial charge on any atom is -0.490 e. The molecular formula is C19H20N2O4S. The van der Waals surface area contributed by atoms with Crippen molar-refractivity contribution in [1.29, 1.82) is 0 Å². The quantitative estimate of drug-likeness (QED) is 0.813. The molecule has 1 unspecified atom stereocenters. The summed E-state index contributed by atoms with van der Waals surface area (Å²) in [7, 11) is -3.74. The van der Waals surface area contributed by atoms with E-state index in [0.29, 0.717) is 31.0 Å². The summed E-state index contributed by atoms with van der Waals surface area (Å²) in [4.78, 5) is 13.6. The summed E-state index contributed by atoms with van der Waals surface area (Å²) in [6.07, 6.45) is 0.684. The molecule has 1 amide bonds. The highest BCUT2D eigenvalue weighted by molar-refractivity contribution is 7.92. The van der Waals surface area contributed by atoms with Gasteiger partial charge in [-0.05, 0) is 43.2 Å². The van der Waals surface area contributed by atoms with E-state index in [1.165, 1.54) is 11.2 Å². The molecule has 0 aliphatic carbocycles. The lowest BCUT2D eigenvalue weighted by molar-refractivity contribution is -0.116. The summed E-state index contributed by atoms with van der Waals surface area (Å²) in [5.41, 5.74) is 2.25. The van der Waals surface area contributed by atoms with Crippen LogP contribution in [0.4, 0.5) is 11.4 Å². The highest BCUT2D eigenvalue weighted by Gasteiger charge is 2.36. The average molecular weight is 372 g/mol. The number of carbonyl (C=O) groups is 1. The number of benzene rings is 2. The first-order chi connectivity index (χ1) is 12.4. The minimum absolute atomic E-state index is 0.135. The molecule has 7 heteroatoms. The van der Waals surface area contributed by atoms with Gasteiger partial charge in [0, 0.05) is 13.0 Å². The summed E-state index contributed by atoms with van der Waals surface area (Å²) in [6.45, 7) is 4.18. The van der Waals surface area contributed by atoms with Crippen molar-refractivity contribution in [2.24, 2.45) is 0 Å². The molecule has 0 saturated carbocycles. The lowest BCUT2D eigenvalue weighted by atomic mass is 10.1. The van der Waals surface area contributed by atoms with Gasteiger partial charge in [-0.2, -0.15) is 0 Å². The number of nitrogens with zero attached hydrogens (tertiary/aromatic N) is 2. The van der Waals surface area contributed by atoms with Crippen LogP contribution in [-0.4, -0.2) is 33.5 Å². The molecule has 2 aromatic rings. The van der Waals surface area contributed by atoms with E-state index < -0.39 is 10.0 Å². The number of amides is 1. The first kappa shape index (κ1) is 16.9. The molecule has 0 saturated heterocycles. The average Bonchev–Trinajstić information content (AvgIpc) is 2.96. The Hall–Kier alpha value is -2.54. The lowest BCUT2D eigenvalue weighted by Gasteiger charge is -2.30. The highest BCUT2D eigenvalue weighted by atomic mass is 32.2. The molecule has 1 atom stereocenters. The minimum atomic E-state index is -3.74. The second-order valence-electron chi connectivity index (χ2n) is 6.63. The number of carbonyl (C=O) groups excluding carboxylic acids is 1. The largest absolute Gasteiger partial charge is 0.490 e. The molecule has 0 N–H and O–H groups in total. The zero-order chi connectivity index (χ0) is 18.5. The van der Waals surface area contributed by atoms with E-state index in [0.717, 1.165) is 11.3 Å². The smallest absolute Gasteiger partial charge is 0.264 e. The number of fused-ring (bicyclic) bond motifs is 2. The molecule has 2 aromatic carbocycles. The zero-order valence-electron chi connectivity index (χ0n) is 14.7. The summed E-state index contributed by atoms with van der Waals surface area (Å²) in [5.74, 6) is 0.393. The summed E-state index contributed by atoms with van der Waals surface area (Å²) in [6, 6.07) is 12.1. The molecule has 2 aliphatic rings. The van der Waals surface area contributed by atoms with Crippen molar-refractivity contribution in [3.8, 4) is 5.75 Å². The third-order valence-electron chi connectivity index (χ3n) is 4.88. The Morgan fingerprint density at radius 2 is 1.92 bits per heavy atom. The molecule has 0 spiro atoms. The number of hydrogen-bond acceptors (Lipinski definition) is 4. The van der Waals surface area contributed by atoms with Crippen LogP contribution in [0.5, 0.6) is 5.75 Å². The Bertz CT molecular complexity index is 987. The second kappa shape index (κ2) is 6.02. The SMILES string of the molecule is CC(=O)N1CCOc2ccc(S(=O)(=O)N3c4ccccc4CC3C)cc21. The van der Waals surface area contributed by atoms with Crippen molar-refractivity contribution in [2.75, 3.05) is 22.4 Å². The van der Waals surface area contributed by atoms with E-state index in [4.69, 9.17) is 4.74 Å². The normalized spacial score (nSPS) is 18.9. The number of para-hydroxylation sites is 1. The van der Waals surface area contributed by atoms with Crippen LogP contribution < -0.4 is 13.9 Å². The Kier molecular flexibility index (Phi) is 3.91. The van der Waals surface area contributed by atoms with E-state index in [2.05, 4.69) is 0 Å². The summed E-state index contributed by atoms with van der Waals surface area (Å²) in [5, 5.41) is 0. The molecule has 0 aromatic heterocycles. The predicted molar refractivity (Wildman–Crippen MR) is 99.2 cm³/mol. The topological polar surface area (TPSA) is 66.9 Å². The van der Waals surface area contributed by atoms with Crippen molar-refractivity contribution < 1.29 is 17.9 Å². The third-order valence-corrected chi connectivity index (χ3v) is 6.80. The Morgan fingerprint density at radius 3 is 2.69 bits per heavy atom. The summed E-state index contributed by atoms with van der Waals surface area (Å²) >= 11 is 0. The van der Waals surface area contributed by atoms with Gasteiger partial charge in [-0.3, -0.25) is 9.10 Å². The van der Waals surface area contributed by atoms with Crippen LogP contribution >= 0.6 is 0 Å². The molecular weight excluding hydrogens is 352 g/mol. The van der Waals surface area contributed by atoms with E-state index in [1.54, 1.807) is 23.1 Å². The Labute approximate surface area is 153 Å². The van der Waals surface area contributed by atoms with Gasteiger partial charge in [0.15, 0.2) is 0 Å². The van der Waals surface area contributed by atoms with Crippen LogP contribution in [-0.2, 0) is 21.2 Å². The second-order valence-corrected chi connectivity index (χ2v) is 8.45. The van der Waals surface area contributed by atoms with Gasteiger partial charge in [0.2, 0.25) is 5.91 Å². The van der Waals surface area contributed by atoms with Gasteiger partial charge in [-0.1, -0.05) is 18.2 Å². The maximum absolute atomic E-state index is 13.4. The van der Waals surface area contributed by atoms with Gasteiger partial charge in [0.05, 0.1) is 22.8 Å². The molecule has 0 bridgehead atoms. The first-order valence-electron chi connectivity index (χ1n) is 8.57. The molecule has 2 heterocycles. The molecule has 0 radical (unpaired) electrons. The van der Waals surface area contributed by atoms with Gasteiger partial charge in [-0.15, -0.1) is 0 Å². The number of sulfonamides is 1. The van der Waals surface area contributed by atoms with Crippen molar-refractivity contribution in [3.05, 3.63) is 48.0 Å². The monoisotopic (exact) mass is 372 g/mol. The molecule has 136 valence electrons. The van der Waals surface area contributed by atoms with Crippen molar-refractivity contribution in [1.82, 2.24) is 0 Å². The molecule has 6 nitrogen and oxygen atoms in total. The van der Waals surface area contributed by atoms with Gasteiger partial charge < -0.3 is 9.64 Å². The zero-order valence-corrected chi connectivity index (χ0v) is 15.5. The van der Waals surface area contributed by atoms with E-state index in [9.17, 15) is 13.2 Å².